The summed E-state index contributed by atoms with van der Waals surface area (Å²) in [4.78, 5) is 0. The van der Waals surface area contributed by atoms with Crippen molar-refractivity contribution in [3.8, 4) is 0 Å². The molecular weight excluding hydrogens is 276 g/mol. The van der Waals surface area contributed by atoms with E-state index in [1.54, 1.807) is 0 Å². The highest BCUT2D eigenvalue weighted by Crippen LogP contribution is 2.11. The minimum absolute atomic E-state index is 0.878. The number of hydrogen-bond acceptors (Lipinski definition) is 4. The van der Waals surface area contributed by atoms with E-state index in [2.05, 4.69) is 37.4 Å². The Morgan fingerprint density at radius 3 is 2.14 bits per heavy atom. The highest BCUT2D eigenvalue weighted by molar-refractivity contribution is 5.74. The molecule has 2 aromatic carbocycles. The molecule has 4 rings (SSSR count). The normalized spacial score (nSPS) is 10.4. The molecule has 0 aliphatic heterocycles. The molecule has 2 N–H and O–H groups in total. The molecule has 22 heavy (non-hydrogen) atoms. The number of rotatable bonds is 2. The lowest BCUT2D eigenvalue weighted by molar-refractivity contribution is 0.959. The largest absolute Gasteiger partial charge is 0.197 e. The van der Waals surface area contributed by atoms with E-state index in [1.165, 1.54) is 11.1 Å². The molecular formula is C16H16N6. The number of aryl methyl sites for hydroxylation is 1. The summed E-state index contributed by atoms with van der Waals surface area (Å²) >= 11 is 0. The number of fused-ring (bicyclic) bond motifs is 2. The molecule has 2 heterocycles. The summed E-state index contributed by atoms with van der Waals surface area (Å²) in [5, 5.41) is 21.0. The summed E-state index contributed by atoms with van der Waals surface area (Å²) in [5.74, 6) is 0. The minimum atomic E-state index is 0.878. The van der Waals surface area contributed by atoms with Crippen molar-refractivity contribution in [1.82, 2.24) is 30.8 Å². The number of aromatic amines is 2. The summed E-state index contributed by atoms with van der Waals surface area (Å²) in [7, 11) is 0. The van der Waals surface area contributed by atoms with E-state index >= 15 is 0 Å². The lowest BCUT2D eigenvalue weighted by Crippen LogP contribution is -1.79. The van der Waals surface area contributed by atoms with Gasteiger partial charge < -0.3 is 0 Å². The number of nitrogens with zero attached hydrogens (tertiary/aromatic N) is 4. The molecule has 0 fully saturated rings. The zero-order valence-corrected chi connectivity index (χ0v) is 12.2. The van der Waals surface area contributed by atoms with Gasteiger partial charge in [-0.05, 0) is 48.7 Å². The summed E-state index contributed by atoms with van der Waals surface area (Å²) in [5.41, 5.74) is 6.09. The van der Waals surface area contributed by atoms with Gasteiger partial charge in [-0.15, -0.1) is 6.58 Å². The zero-order chi connectivity index (χ0) is 15.4. The second-order valence-electron chi connectivity index (χ2n) is 4.96. The van der Waals surface area contributed by atoms with Gasteiger partial charge >= 0.3 is 0 Å². The Kier molecular flexibility index (Phi) is 3.91. The lowest BCUT2D eigenvalue weighted by atomic mass is 10.1. The standard InChI is InChI=1S/C9H9N3.C7H7N3/c1-2-3-7-4-5-8-9(6-7)11-12-10-8;1-5-2-3-6-7(4-5)9-10-8-6/h2,4-6H,1,3H2,(H,10,11,12);2-4H,1H3,(H,8,9,10). The fraction of sp³-hybridized carbons (Fsp3) is 0.125. The van der Waals surface area contributed by atoms with E-state index in [0.717, 1.165) is 28.5 Å². The van der Waals surface area contributed by atoms with Crippen LogP contribution >= 0.6 is 0 Å². The molecule has 2 aromatic heterocycles. The topological polar surface area (TPSA) is 83.1 Å². The zero-order valence-electron chi connectivity index (χ0n) is 12.2. The molecule has 0 aliphatic rings. The quantitative estimate of drug-likeness (QED) is 0.556. The maximum absolute atomic E-state index is 3.99. The van der Waals surface area contributed by atoms with Crippen molar-refractivity contribution < 1.29 is 0 Å². The summed E-state index contributed by atoms with van der Waals surface area (Å²) in [6.45, 7) is 5.72. The first kappa shape index (κ1) is 13.9. The molecule has 0 saturated heterocycles. The molecule has 6 heteroatoms. The van der Waals surface area contributed by atoms with Crippen LogP contribution in [0.4, 0.5) is 0 Å². The molecule has 110 valence electrons. The smallest absolute Gasteiger partial charge is 0.113 e. The van der Waals surface area contributed by atoms with Crippen molar-refractivity contribution in [2.24, 2.45) is 0 Å². The molecule has 0 bridgehead atoms. The average Bonchev–Trinajstić information content (AvgIpc) is 3.15. The van der Waals surface area contributed by atoms with Crippen molar-refractivity contribution in [1.29, 1.82) is 0 Å². The van der Waals surface area contributed by atoms with Gasteiger partial charge in [0.1, 0.15) is 22.1 Å². The monoisotopic (exact) mass is 292 g/mol. The Bertz CT molecular complexity index is 905. The van der Waals surface area contributed by atoms with Gasteiger partial charge in [0.2, 0.25) is 0 Å². The van der Waals surface area contributed by atoms with E-state index in [-0.39, 0.29) is 0 Å². The second kappa shape index (κ2) is 6.17. The molecule has 0 saturated carbocycles. The van der Waals surface area contributed by atoms with Crippen LogP contribution in [-0.4, -0.2) is 30.8 Å². The van der Waals surface area contributed by atoms with Crippen LogP contribution in [0, 0.1) is 6.92 Å². The number of allylic oxidation sites excluding steroid dienone is 1. The van der Waals surface area contributed by atoms with E-state index in [1.807, 2.05) is 49.4 Å². The number of nitrogens with one attached hydrogen (secondary N) is 2. The first-order chi connectivity index (χ1) is 10.8. The van der Waals surface area contributed by atoms with Crippen molar-refractivity contribution in [2.45, 2.75) is 13.3 Å². The van der Waals surface area contributed by atoms with Gasteiger partial charge in [0.05, 0.1) is 0 Å². The van der Waals surface area contributed by atoms with E-state index in [4.69, 9.17) is 0 Å². The van der Waals surface area contributed by atoms with E-state index in [9.17, 15) is 0 Å². The third kappa shape index (κ3) is 3.01. The Morgan fingerprint density at radius 2 is 1.45 bits per heavy atom. The van der Waals surface area contributed by atoms with Gasteiger partial charge in [-0.2, -0.15) is 30.8 Å². The SMILES string of the molecule is C=CCc1ccc2n[nH]nc2c1.Cc1ccc2n[nH]nc2c1. The molecule has 0 radical (unpaired) electrons. The Labute approximate surface area is 127 Å². The highest BCUT2D eigenvalue weighted by Gasteiger charge is 1.97. The third-order valence-corrected chi connectivity index (χ3v) is 3.23. The van der Waals surface area contributed by atoms with Gasteiger partial charge in [0.15, 0.2) is 0 Å². The summed E-state index contributed by atoms with van der Waals surface area (Å²) in [6.07, 6.45) is 2.75. The van der Waals surface area contributed by atoms with E-state index in [0.29, 0.717) is 0 Å². The molecule has 0 aliphatic carbocycles. The lowest BCUT2D eigenvalue weighted by Gasteiger charge is -1.93. The number of benzene rings is 2. The van der Waals surface area contributed by atoms with E-state index < -0.39 is 0 Å². The number of H-pyrrole nitrogens is 2. The van der Waals surface area contributed by atoms with Crippen LogP contribution < -0.4 is 0 Å². The maximum Gasteiger partial charge on any atom is 0.113 e. The van der Waals surface area contributed by atoms with Crippen molar-refractivity contribution in [3.63, 3.8) is 0 Å². The molecule has 0 amide bonds. The van der Waals surface area contributed by atoms with Crippen LogP contribution in [0.2, 0.25) is 0 Å². The third-order valence-electron chi connectivity index (χ3n) is 3.23. The molecule has 4 aromatic rings. The summed E-state index contributed by atoms with van der Waals surface area (Å²) < 4.78 is 0. The minimum Gasteiger partial charge on any atom is -0.197 e. The fourth-order valence-electron chi connectivity index (χ4n) is 2.13. The predicted octanol–water partition coefficient (Wildman–Crippen LogP) is 2.95. The molecule has 0 atom stereocenters. The van der Waals surface area contributed by atoms with Crippen LogP contribution in [0.25, 0.3) is 22.1 Å². The van der Waals surface area contributed by atoms with Crippen LogP contribution in [0.15, 0.2) is 49.1 Å². The first-order valence-electron chi connectivity index (χ1n) is 6.93. The van der Waals surface area contributed by atoms with Crippen LogP contribution in [0.1, 0.15) is 11.1 Å². The van der Waals surface area contributed by atoms with Gasteiger partial charge in [0, 0.05) is 0 Å². The van der Waals surface area contributed by atoms with Crippen molar-refractivity contribution >= 4 is 22.1 Å². The molecule has 6 nitrogen and oxygen atoms in total. The Hall–Kier alpha value is -3.02. The Morgan fingerprint density at radius 1 is 0.864 bits per heavy atom. The number of aromatic nitrogens is 6. The van der Waals surface area contributed by atoms with Crippen LogP contribution in [0.3, 0.4) is 0 Å². The number of hydrogen-bond donors (Lipinski definition) is 2. The van der Waals surface area contributed by atoms with Gasteiger partial charge in [-0.25, -0.2) is 0 Å². The second-order valence-corrected chi connectivity index (χ2v) is 4.96. The summed E-state index contributed by atoms with van der Waals surface area (Å²) in [6, 6.07) is 12.0. The molecule has 0 unspecified atom stereocenters. The first-order valence-corrected chi connectivity index (χ1v) is 6.93. The van der Waals surface area contributed by atoms with Crippen LogP contribution in [0.5, 0.6) is 0 Å². The maximum atomic E-state index is 3.99. The molecule has 0 spiro atoms. The highest BCUT2D eigenvalue weighted by atomic mass is 15.3. The van der Waals surface area contributed by atoms with Crippen molar-refractivity contribution in [3.05, 3.63) is 60.2 Å². The Balaban J connectivity index is 0.000000133. The van der Waals surface area contributed by atoms with Gasteiger partial charge in [-0.3, -0.25) is 0 Å². The average molecular weight is 292 g/mol. The van der Waals surface area contributed by atoms with Crippen molar-refractivity contribution in [2.75, 3.05) is 0 Å². The van der Waals surface area contributed by atoms with Gasteiger partial charge in [-0.1, -0.05) is 18.2 Å². The van der Waals surface area contributed by atoms with Gasteiger partial charge in [0.25, 0.3) is 0 Å². The predicted molar refractivity (Wildman–Crippen MR) is 86.4 cm³/mol. The fourth-order valence-corrected chi connectivity index (χ4v) is 2.13. The van der Waals surface area contributed by atoms with Crippen LogP contribution in [-0.2, 0) is 6.42 Å².